The zero-order valence-electron chi connectivity index (χ0n) is 19.0. The first kappa shape index (κ1) is 22.7. The summed E-state index contributed by atoms with van der Waals surface area (Å²) in [7, 11) is 3.11. The summed E-state index contributed by atoms with van der Waals surface area (Å²) < 4.78 is 16.3. The standard InChI is InChI=1S/C27H24N2O5/c1-17-8-12-19(13-9-17)28-27(31)26-25(20-6-4-5-7-21(20)34-26)29-24(30)15-11-18-10-14-22(32-2)23(16-18)33-3/h4-16H,1-3H3,(H,28,31)(H,29,30). The van der Waals surface area contributed by atoms with Crippen LogP contribution in [0.2, 0.25) is 0 Å². The molecule has 0 fully saturated rings. The molecule has 0 aliphatic carbocycles. The summed E-state index contributed by atoms with van der Waals surface area (Å²) in [6.07, 6.45) is 3.02. The lowest BCUT2D eigenvalue weighted by molar-refractivity contribution is -0.111. The number of fused-ring (bicyclic) bond motifs is 1. The molecule has 0 bridgehead atoms. The van der Waals surface area contributed by atoms with Crippen LogP contribution < -0.4 is 20.1 Å². The lowest BCUT2D eigenvalue weighted by atomic mass is 10.1. The van der Waals surface area contributed by atoms with Gasteiger partial charge in [-0.1, -0.05) is 35.9 Å². The number of carbonyl (C=O) groups is 2. The summed E-state index contributed by atoms with van der Waals surface area (Å²) in [4.78, 5) is 25.7. The highest BCUT2D eigenvalue weighted by Crippen LogP contribution is 2.32. The van der Waals surface area contributed by atoms with Gasteiger partial charge in [-0.15, -0.1) is 0 Å². The Balaban J connectivity index is 1.58. The molecule has 34 heavy (non-hydrogen) atoms. The monoisotopic (exact) mass is 456 g/mol. The van der Waals surface area contributed by atoms with Crippen LogP contribution in [0.3, 0.4) is 0 Å². The van der Waals surface area contributed by atoms with Crippen LogP contribution in [0.4, 0.5) is 11.4 Å². The smallest absolute Gasteiger partial charge is 0.293 e. The van der Waals surface area contributed by atoms with E-state index in [1.54, 1.807) is 68.8 Å². The molecule has 1 aromatic heterocycles. The van der Waals surface area contributed by atoms with E-state index in [0.29, 0.717) is 33.8 Å². The third-order valence-corrected chi connectivity index (χ3v) is 5.19. The Bertz CT molecular complexity index is 1370. The molecule has 172 valence electrons. The summed E-state index contributed by atoms with van der Waals surface area (Å²) >= 11 is 0. The van der Waals surface area contributed by atoms with Crippen molar-refractivity contribution in [2.75, 3.05) is 24.9 Å². The van der Waals surface area contributed by atoms with Crippen molar-refractivity contribution in [1.29, 1.82) is 0 Å². The van der Waals surface area contributed by atoms with Crippen molar-refractivity contribution in [3.05, 3.63) is 89.7 Å². The Kier molecular flexibility index (Phi) is 6.64. The molecule has 0 atom stereocenters. The van der Waals surface area contributed by atoms with Gasteiger partial charge in [-0.25, -0.2) is 0 Å². The van der Waals surface area contributed by atoms with Crippen LogP contribution >= 0.6 is 0 Å². The highest BCUT2D eigenvalue weighted by Gasteiger charge is 2.22. The maximum atomic E-state index is 13.0. The molecule has 7 heteroatoms. The molecular weight excluding hydrogens is 432 g/mol. The number of amides is 2. The molecule has 0 saturated heterocycles. The minimum absolute atomic E-state index is 0.0228. The number of aryl methyl sites for hydroxylation is 1. The van der Waals surface area contributed by atoms with Gasteiger partial charge in [0.15, 0.2) is 11.5 Å². The SMILES string of the molecule is COc1ccc(C=CC(=O)Nc2c(C(=O)Nc3ccc(C)cc3)oc3ccccc23)cc1OC. The largest absolute Gasteiger partial charge is 0.493 e. The van der Waals surface area contributed by atoms with Crippen molar-refractivity contribution in [2.45, 2.75) is 6.92 Å². The molecule has 0 aliphatic heterocycles. The maximum Gasteiger partial charge on any atom is 0.293 e. The zero-order valence-corrected chi connectivity index (χ0v) is 19.0. The van der Waals surface area contributed by atoms with Crippen LogP contribution in [0.1, 0.15) is 21.7 Å². The zero-order chi connectivity index (χ0) is 24.1. The number of anilines is 2. The Morgan fingerprint density at radius 3 is 2.35 bits per heavy atom. The quantitative estimate of drug-likeness (QED) is 0.350. The number of furan rings is 1. The predicted octanol–water partition coefficient (Wildman–Crippen LogP) is 5.66. The number of rotatable bonds is 7. The van der Waals surface area contributed by atoms with Gasteiger partial charge in [-0.3, -0.25) is 9.59 Å². The minimum Gasteiger partial charge on any atom is -0.493 e. The fourth-order valence-electron chi connectivity index (χ4n) is 3.45. The highest BCUT2D eigenvalue weighted by molar-refractivity contribution is 6.16. The average Bonchev–Trinajstić information content (AvgIpc) is 3.22. The second kappa shape index (κ2) is 9.95. The molecule has 4 aromatic rings. The molecule has 1 heterocycles. The molecule has 2 amide bonds. The summed E-state index contributed by atoms with van der Waals surface area (Å²) in [6, 6.07) is 19.9. The van der Waals surface area contributed by atoms with E-state index in [1.165, 1.54) is 6.08 Å². The normalized spacial score (nSPS) is 10.9. The first-order valence-electron chi connectivity index (χ1n) is 10.6. The molecule has 4 rings (SSSR count). The molecule has 2 N–H and O–H groups in total. The van der Waals surface area contributed by atoms with E-state index in [2.05, 4.69) is 10.6 Å². The molecule has 0 aliphatic rings. The summed E-state index contributed by atoms with van der Waals surface area (Å²) in [6.45, 7) is 1.97. The molecule has 0 radical (unpaired) electrons. The van der Waals surface area contributed by atoms with E-state index in [1.807, 2.05) is 25.1 Å². The molecule has 0 unspecified atom stereocenters. The molecular formula is C27H24N2O5. The van der Waals surface area contributed by atoms with Crippen LogP contribution in [-0.2, 0) is 4.79 Å². The van der Waals surface area contributed by atoms with Crippen LogP contribution in [0.5, 0.6) is 11.5 Å². The Morgan fingerprint density at radius 1 is 0.882 bits per heavy atom. The van der Waals surface area contributed by atoms with Gasteiger partial charge in [0, 0.05) is 17.1 Å². The van der Waals surface area contributed by atoms with Gasteiger partial charge in [0.1, 0.15) is 11.3 Å². The Labute approximate surface area is 197 Å². The van der Waals surface area contributed by atoms with Crippen molar-refractivity contribution in [3.8, 4) is 11.5 Å². The van der Waals surface area contributed by atoms with E-state index < -0.39 is 11.8 Å². The van der Waals surface area contributed by atoms with Crippen LogP contribution in [0, 0.1) is 6.92 Å². The van der Waals surface area contributed by atoms with Crippen molar-refractivity contribution in [1.82, 2.24) is 0 Å². The first-order valence-corrected chi connectivity index (χ1v) is 10.6. The number of para-hydroxylation sites is 1. The van der Waals surface area contributed by atoms with E-state index >= 15 is 0 Å². The Hall–Kier alpha value is -4.52. The number of hydrogen-bond donors (Lipinski definition) is 2. The van der Waals surface area contributed by atoms with Crippen LogP contribution in [0.15, 0.2) is 77.2 Å². The van der Waals surface area contributed by atoms with Gasteiger partial charge in [0.05, 0.1) is 14.2 Å². The summed E-state index contributed by atoms with van der Waals surface area (Å²) in [5.74, 6) is 0.304. The second-order valence-corrected chi connectivity index (χ2v) is 7.56. The molecule has 7 nitrogen and oxygen atoms in total. The van der Waals surface area contributed by atoms with Crippen molar-refractivity contribution in [3.63, 3.8) is 0 Å². The van der Waals surface area contributed by atoms with E-state index in [9.17, 15) is 9.59 Å². The van der Waals surface area contributed by atoms with Gasteiger partial charge in [-0.2, -0.15) is 0 Å². The predicted molar refractivity (Wildman–Crippen MR) is 133 cm³/mol. The fourth-order valence-corrected chi connectivity index (χ4v) is 3.45. The van der Waals surface area contributed by atoms with Gasteiger partial charge < -0.3 is 24.5 Å². The number of ether oxygens (including phenoxy) is 2. The van der Waals surface area contributed by atoms with Gasteiger partial charge in [0.2, 0.25) is 11.7 Å². The number of methoxy groups -OCH3 is 2. The first-order chi connectivity index (χ1) is 16.5. The van der Waals surface area contributed by atoms with Crippen molar-refractivity contribution in [2.24, 2.45) is 0 Å². The number of carbonyl (C=O) groups excluding carboxylic acids is 2. The fraction of sp³-hybridized carbons (Fsp3) is 0.111. The highest BCUT2D eigenvalue weighted by atomic mass is 16.5. The summed E-state index contributed by atoms with van der Waals surface area (Å²) in [5.41, 5.74) is 3.26. The van der Waals surface area contributed by atoms with Crippen LogP contribution in [-0.4, -0.2) is 26.0 Å². The molecule has 0 saturated carbocycles. The van der Waals surface area contributed by atoms with Gasteiger partial charge in [-0.05, 0) is 55.0 Å². The molecule has 3 aromatic carbocycles. The lowest BCUT2D eigenvalue weighted by Gasteiger charge is -2.08. The second-order valence-electron chi connectivity index (χ2n) is 7.56. The minimum atomic E-state index is -0.459. The number of benzene rings is 3. The lowest BCUT2D eigenvalue weighted by Crippen LogP contribution is -2.15. The number of hydrogen-bond acceptors (Lipinski definition) is 5. The van der Waals surface area contributed by atoms with Crippen molar-refractivity contribution >= 4 is 40.2 Å². The average molecular weight is 456 g/mol. The maximum absolute atomic E-state index is 13.0. The van der Waals surface area contributed by atoms with E-state index in [-0.39, 0.29) is 5.76 Å². The molecule has 0 spiro atoms. The Morgan fingerprint density at radius 2 is 1.62 bits per heavy atom. The van der Waals surface area contributed by atoms with Gasteiger partial charge >= 0.3 is 0 Å². The van der Waals surface area contributed by atoms with E-state index in [0.717, 1.165) is 11.1 Å². The third kappa shape index (κ3) is 4.94. The summed E-state index contributed by atoms with van der Waals surface area (Å²) in [5, 5.41) is 6.24. The van der Waals surface area contributed by atoms with E-state index in [4.69, 9.17) is 13.9 Å². The van der Waals surface area contributed by atoms with Gasteiger partial charge in [0.25, 0.3) is 5.91 Å². The third-order valence-electron chi connectivity index (χ3n) is 5.19. The van der Waals surface area contributed by atoms with Crippen molar-refractivity contribution < 1.29 is 23.5 Å². The topological polar surface area (TPSA) is 89.8 Å². The van der Waals surface area contributed by atoms with Crippen LogP contribution in [0.25, 0.3) is 17.0 Å². The number of nitrogens with one attached hydrogen (secondary N) is 2.